The van der Waals surface area contributed by atoms with E-state index in [-0.39, 0.29) is 17.7 Å². The monoisotopic (exact) mass is 231 g/mol. The standard InChI is InChI=1S/C8H13NO3S.Al.2H/c1-3-5-6-7(10)9-13(11,12)8(5,6)4-2;;;/h5-6H,3-4H2,1-2H3,(H,9,10);;;/q;+1;;/p-1/t5?,6?,8-;;;/m1.../s1. The first-order valence-electron chi connectivity index (χ1n) is 4.97. The highest BCUT2D eigenvalue weighted by Gasteiger charge is 2.79. The van der Waals surface area contributed by atoms with Gasteiger partial charge in [-0.15, -0.1) is 0 Å². The predicted molar refractivity (Wildman–Crippen MR) is 54.6 cm³/mol. The molecule has 4 nitrogen and oxygen atoms in total. The summed E-state index contributed by atoms with van der Waals surface area (Å²) in [6, 6.07) is 0. The molecule has 6 heteroatoms. The van der Waals surface area contributed by atoms with Crippen molar-refractivity contribution < 1.29 is 13.2 Å². The van der Waals surface area contributed by atoms with Gasteiger partial charge in [-0.05, 0) is 12.3 Å². The van der Waals surface area contributed by atoms with Crippen molar-refractivity contribution in [2.75, 3.05) is 0 Å². The maximum absolute atomic E-state index is 12.0. The summed E-state index contributed by atoms with van der Waals surface area (Å²) in [7, 11) is -3.31. The third kappa shape index (κ3) is 0.815. The van der Waals surface area contributed by atoms with E-state index >= 15 is 0 Å². The van der Waals surface area contributed by atoms with E-state index in [1.165, 1.54) is 0 Å². The van der Waals surface area contributed by atoms with E-state index in [0.29, 0.717) is 22.9 Å². The second-order valence-electron chi connectivity index (χ2n) is 4.11. The van der Waals surface area contributed by atoms with Gasteiger partial charge >= 0.3 is 16.5 Å². The summed E-state index contributed by atoms with van der Waals surface area (Å²) in [6.45, 7) is 3.83. The van der Waals surface area contributed by atoms with Crippen LogP contribution in [0.3, 0.4) is 0 Å². The molecule has 2 unspecified atom stereocenters. The Bertz CT molecular complexity index is 393. The Balaban J connectivity index is 2.52. The van der Waals surface area contributed by atoms with Gasteiger partial charge < -0.3 is 3.29 Å². The van der Waals surface area contributed by atoms with E-state index in [2.05, 4.69) is 0 Å². The molecule has 0 bridgehead atoms. The highest BCUT2D eigenvalue weighted by atomic mass is 32.2. The molecule has 2 fully saturated rings. The van der Waals surface area contributed by atoms with Crippen LogP contribution in [0.1, 0.15) is 26.7 Å². The molecule has 0 radical (unpaired) electrons. The second kappa shape index (κ2) is 2.75. The first-order valence-corrected chi connectivity index (χ1v) is 7.30. The Morgan fingerprint density at radius 2 is 2.07 bits per heavy atom. The third-order valence-corrected chi connectivity index (χ3v) is 8.45. The predicted octanol–water partition coefficient (Wildman–Crippen LogP) is -0.489. The van der Waals surface area contributed by atoms with Crippen molar-refractivity contribution >= 4 is 32.4 Å². The zero-order valence-electron chi connectivity index (χ0n) is 8.65. The number of carbonyl (C=O) groups is 1. The van der Waals surface area contributed by atoms with Crippen molar-refractivity contribution in [3.05, 3.63) is 0 Å². The van der Waals surface area contributed by atoms with Gasteiger partial charge in [0.25, 0.3) is 0 Å². The molecule has 1 aliphatic heterocycles. The molecular formula is C8H14AlNO3S. The van der Waals surface area contributed by atoms with Crippen LogP contribution in [0.5, 0.6) is 0 Å². The summed E-state index contributed by atoms with van der Waals surface area (Å²) >= 11 is 0.291. The lowest BCUT2D eigenvalue weighted by molar-refractivity contribution is -0.124. The number of hydrogen-bond acceptors (Lipinski definition) is 3. The molecule has 1 heterocycles. The lowest BCUT2D eigenvalue weighted by atomic mass is 10.2. The molecule has 0 aromatic heterocycles. The fourth-order valence-electron chi connectivity index (χ4n) is 3.04. The van der Waals surface area contributed by atoms with Gasteiger partial charge in [0.05, 0.1) is 5.92 Å². The molecule has 14 heavy (non-hydrogen) atoms. The second-order valence-corrected chi connectivity index (χ2v) is 7.91. The summed E-state index contributed by atoms with van der Waals surface area (Å²) in [4.78, 5) is 11.7. The van der Waals surface area contributed by atoms with Gasteiger partial charge in [-0.25, -0.2) is 8.42 Å². The lowest BCUT2D eigenvalue weighted by Gasteiger charge is -2.20. The van der Waals surface area contributed by atoms with Gasteiger partial charge in [-0.1, -0.05) is 20.3 Å². The Labute approximate surface area is 92.3 Å². The highest BCUT2D eigenvalue weighted by molar-refractivity contribution is 7.92. The zero-order valence-corrected chi connectivity index (χ0v) is 11.5. The van der Waals surface area contributed by atoms with Gasteiger partial charge in [0.2, 0.25) is 15.9 Å². The first kappa shape index (κ1) is 10.5. The summed E-state index contributed by atoms with van der Waals surface area (Å²) in [5, 5.41) is 0. The van der Waals surface area contributed by atoms with Crippen LogP contribution in [0, 0.1) is 11.8 Å². The van der Waals surface area contributed by atoms with Gasteiger partial charge in [0, 0.05) is 0 Å². The van der Waals surface area contributed by atoms with Crippen LogP contribution in [-0.4, -0.2) is 38.9 Å². The molecule has 0 aromatic carbocycles. The van der Waals surface area contributed by atoms with Gasteiger partial charge in [-0.2, -0.15) is 0 Å². The number of rotatable bonds is 2. The minimum Gasteiger partial charge on any atom is -0.344 e. The third-order valence-electron chi connectivity index (χ3n) is 3.86. The Kier molecular flexibility index (Phi) is 2.05. The molecule has 3 atom stereocenters. The minimum atomic E-state index is -3.31. The van der Waals surface area contributed by atoms with Crippen LogP contribution in [0.4, 0.5) is 0 Å². The summed E-state index contributed by atoms with van der Waals surface area (Å²) in [5.74, 6) is -0.291. The quantitative estimate of drug-likeness (QED) is 0.603. The molecule has 0 N–H and O–H groups in total. The van der Waals surface area contributed by atoms with Crippen molar-refractivity contribution in [2.24, 2.45) is 11.8 Å². The maximum Gasteiger partial charge on any atom is 0.391 e. The number of fused-ring (bicyclic) bond motifs is 1. The Morgan fingerprint density at radius 1 is 1.50 bits per heavy atom. The van der Waals surface area contributed by atoms with Crippen LogP contribution >= 0.6 is 0 Å². The number of carbonyl (C=O) groups excluding carboxylic acids is 1. The van der Waals surface area contributed by atoms with Crippen LogP contribution in [0.25, 0.3) is 0 Å². The normalized spacial score (nSPS) is 43.9. The average Bonchev–Trinajstić information content (AvgIpc) is 2.80. The summed E-state index contributed by atoms with van der Waals surface area (Å²) < 4.78 is 24.4. The molecule has 0 spiro atoms. The van der Waals surface area contributed by atoms with E-state index in [0.717, 1.165) is 9.71 Å². The average molecular weight is 231 g/mol. The summed E-state index contributed by atoms with van der Waals surface area (Å²) in [6.07, 6.45) is 1.36. The molecule has 1 amide bonds. The van der Waals surface area contributed by atoms with Crippen molar-refractivity contribution in [1.82, 2.24) is 3.29 Å². The Morgan fingerprint density at radius 3 is 2.43 bits per heavy atom. The van der Waals surface area contributed by atoms with Crippen molar-refractivity contribution in [3.8, 4) is 0 Å². The molecule has 1 saturated heterocycles. The van der Waals surface area contributed by atoms with Crippen molar-refractivity contribution in [2.45, 2.75) is 31.4 Å². The molecule has 0 aromatic rings. The van der Waals surface area contributed by atoms with Gasteiger partial charge in [0.1, 0.15) is 4.75 Å². The van der Waals surface area contributed by atoms with E-state index in [4.69, 9.17) is 0 Å². The number of sulfonamides is 1. The fraction of sp³-hybridized carbons (Fsp3) is 0.875. The van der Waals surface area contributed by atoms with Gasteiger partial charge in [-0.3, -0.25) is 4.79 Å². The van der Waals surface area contributed by atoms with E-state index in [1.807, 2.05) is 13.8 Å². The van der Waals surface area contributed by atoms with E-state index in [9.17, 15) is 13.2 Å². The zero-order chi connectivity index (χ0) is 10.7. The van der Waals surface area contributed by atoms with Crippen LogP contribution in [0.2, 0.25) is 0 Å². The first-order chi connectivity index (χ1) is 6.45. The molecular weight excluding hydrogens is 217 g/mol. The number of nitrogens with zero attached hydrogens (tertiary/aromatic N) is 1. The number of amides is 1. The molecule has 1 saturated carbocycles. The lowest BCUT2D eigenvalue weighted by Crippen LogP contribution is -2.37. The topological polar surface area (TPSA) is 54.5 Å². The van der Waals surface area contributed by atoms with Crippen LogP contribution in [-0.2, 0) is 14.8 Å². The van der Waals surface area contributed by atoms with Crippen LogP contribution in [0.15, 0.2) is 0 Å². The summed E-state index contributed by atoms with van der Waals surface area (Å²) in [5.41, 5.74) is 0. The van der Waals surface area contributed by atoms with E-state index < -0.39 is 14.8 Å². The molecule has 78 valence electrons. The molecule has 2 aliphatic rings. The molecule has 2 rings (SSSR count). The van der Waals surface area contributed by atoms with E-state index in [1.54, 1.807) is 0 Å². The fourth-order valence-corrected chi connectivity index (χ4v) is 6.77. The smallest absolute Gasteiger partial charge is 0.344 e. The number of hydrogen-bond donors (Lipinski definition) is 0. The Hall–Kier alpha value is -0.0475. The minimum absolute atomic E-state index is 0.0789. The van der Waals surface area contributed by atoms with Gasteiger partial charge in [0.15, 0.2) is 0 Å². The highest BCUT2D eigenvalue weighted by Crippen LogP contribution is 2.65. The van der Waals surface area contributed by atoms with Crippen molar-refractivity contribution in [3.63, 3.8) is 0 Å². The van der Waals surface area contributed by atoms with Crippen LogP contribution < -0.4 is 0 Å². The maximum atomic E-state index is 12.0. The largest absolute Gasteiger partial charge is 0.391 e. The van der Waals surface area contributed by atoms with Crippen molar-refractivity contribution in [1.29, 1.82) is 0 Å². The SMILES string of the molecule is CCC1C2C(=O)[N]([AlH2])S(=O)(=O)[C@]12CC. The molecule has 1 aliphatic carbocycles.